The summed E-state index contributed by atoms with van der Waals surface area (Å²) in [5.41, 5.74) is 6.98. The summed E-state index contributed by atoms with van der Waals surface area (Å²) in [5, 5.41) is 6.23. The molecule has 1 aliphatic rings. The second-order valence-electron chi connectivity index (χ2n) is 5.26. The molecule has 1 aromatic carbocycles. The van der Waals surface area contributed by atoms with E-state index in [1.807, 2.05) is 35.7 Å². The Hall–Kier alpha value is -2.67. The van der Waals surface area contributed by atoms with E-state index in [9.17, 15) is 14.4 Å². The molecule has 2 atom stereocenters. The van der Waals surface area contributed by atoms with Gasteiger partial charge in [0, 0.05) is 6.42 Å². The molecule has 1 aliphatic heterocycles. The number of benzene rings is 1. The molecular formula is C16H15N3O3S. The standard InChI is InChI=1S/C16H15N3O3S/c17-14(20)12(8-10-4-2-1-3-5-10)19-15(21)13(18-16(19)22)11-6-7-23-9-11/h1-7,9,12-13H,8H2,(H2,17,20)(H,18,22)/t12-,13-/m0/s1. The molecule has 4 amide bonds. The summed E-state index contributed by atoms with van der Waals surface area (Å²) in [5.74, 6) is -1.16. The van der Waals surface area contributed by atoms with Gasteiger partial charge >= 0.3 is 6.03 Å². The van der Waals surface area contributed by atoms with E-state index < -0.39 is 29.9 Å². The second kappa shape index (κ2) is 6.21. The van der Waals surface area contributed by atoms with Crippen LogP contribution in [-0.2, 0) is 16.0 Å². The third kappa shape index (κ3) is 2.95. The van der Waals surface area contributed by atoms with Gasteiger partial charge in [0.25, 0.3) is 5.91 Å². The summed E-state index contributed by atoms with van der Waals surface area (Å²) >= 11 is 1.43. The van der Waals surface area contributed by atoms with E-state index >= 15 is 0 Å². The van der Waals surface area contributed by atoms with E-state index in [1.54, 1.807) is 11.4 Å². The zero-order valence-corrected chi connectivity index (χ0v) is 13.0. The highest BCUT2D eigenvalue weighted by atomic mass is 32.1. The molecule has 6 nitrogen and oxygen atoms in total. The Labute approximate surface area is 136 Å². The molecule has 7 heteroatoms. The Balaban J connectivity index is 1.86. The van der Waals surface area contributed by atoms with Crippen LogP contribution >= 0.6 is 11.3 Å². The molecule has 0 spiro atoms. The molecule has 3 N–H and O–H groups in total. The maximum Gasteiger partial charge on any atom is 0.325 e. The highest BCUT2D eigenvalue weighted by Crippen LogP contribution is 2.26. The summed E-state index contributed by atoms with van der Waals surface area (Å²) in [6, 6.07) is 8.57. The van der Waals surface area contributed by atoms with Crippen LogP contribution in [0.2, 0.25) is 0 Å². The summed E-state index contributed by atoms with van der Waals surface area (Å²) in [4.78, 5) is 37.6. The average Bonchev–Trinajstić information content (AvgIpc) is 3.15. The summed E-state index contributed by atoms with van der Waals surface area (Å²) in [7, 11) is 0. The molecule has 1 saturated heterocycles. The Morgan fingerprint density at radius 2 is 2.00 bits per heavy atom. The van der Waals surface area contributed by atoms with Crippen LogP contribution in [-0.4, -0.2) is 28.8 Å². The topological polar surface area (TPSA) is 92.5 Å². The quantitative estimate of drug-likeness (QED) is 0.813. The van der Waals surface area contributed by atoms with Crippen molar-refractivity contribution in [1.82, 2.24) is 10.2 Å². The van der Waals surface area contributed by atoms with Crippen molar-refractivity contribution in [2.24, 2.45) is 5.73 Å². The van der Waals surface area contributed by atoms with Gasteiger partial charge in [0.15, 0.2) is 0 Å². The highest BCUT2D eigenvalue weighted by Gasteiger charge is 2.44. The fraction of sp³-hybridized carbons (Fsp3) is 0.188. The third-order valence-electron chi connectivity index (χ3n) is 3.76. The van der Waals surface area contributed by atoms with Gasteiger partial charge in [-0.2, -0.15) is 11.3 Å². The first-order valence-corrected chi connectivity index (χ1v) is 8.01. The smallest absolute Gasteiger partial charge is 0.325 e. The average molecular weight is 329 g/mol. The van der Waals surface area contributed by atoms with Gasteiger partial charge in [0.2, 0.25) is 5.91 Å². The van der Waals surface area contributed by atoms with Crippen molar-refractivity contribution in [3.63, 3.8) is 0 Å². The molecule has 23 heavy (non-hydrogen) atoms. The van der Waals surface area contributed by atoms with E-state index in [0.717, 1.165) is 10.5 Å². The highest BCUT2D eigenvalue weighted by molar-refractivity contribution is 7.08. The van der Waals surface area contributed by atoms with Crippen LogP contribution < -0.4 is 11.1 Å². The first-order valence-electron chi connectivity index (χ1n) is 7.07. The molecule has 2 heterocycles. The lowest BCUT2D eigenvalue weighted by Gasteiger charge is -2.22. The van der Waals surface area contributed by atoms with E-state index in [-0.39, 0.29) is 6.42 Å². The minimum atomic E-state index is -1.01. The maximum absolute atomic E-state index is 12.6. The number of primary amides is 1. The van der Waals surface area contributed by atoms with E-state index in [1.165, 1.54) is 11.3 Å². The van der Waals surface area contributed by atoms with Crippen LogP contribution in [0, 0.1) is 0 Å². The summed E-state index contributed by atoms with van der Waals surface area (Å²) in [6.07, 6.45) is 0.200. The number of nitrogens with one attached hydrogen (secondary N) is 1. The van der Waals surface area contributed by atoms with Gasteiger partial charge in [-0.15, -0.1) is 0 Å². The van der Waals surface area contributed by atoms with E-state index in [4.69, 9.17) is 5.73 Å². The van der Waals surface area contributed by atoms with E-state index in [2.05, 4.69) is 5.32 Å². The molecule has 3 rings (SSSR count). The Kier molecular flexibility index (Phi) is 4.12. The van der Waals surface area contributed by atoms with Crippen molar-refractivity contribution < 1.29 is 14.4 Å². The minimum Gasteiger partial charge on any atom is -0.368 e. The normalized spacial score (nSPS) is 18.8. The molecule has 0 unspecified atom stereocenters. The minimum absolute atomic E-state index is 0.200. The van der Waals surface area contributed by atoms with Crippen LogP contribution in [0.25, 0.3) is 0 Å². The van der Waals surface area contributed by atoms with Crippen molar-refractivity contribution >= 4 is 29.2 Å². The zero-order valence-electron chi connectivity index (χ0n) is 12.1. The first-order chi connectivity index (χ1) is 11.1. The fourth-order valence-electron chi connectivity index (χ4n) is 2.61. The van der Waals surface area contributed by atoms with Crippen molar-refractivity contribution in [3.8, 4) is 0 Å². The number of hydrogen-bond donors (Lipinski definition) is 2. The number of amides is 4. The second-order valence-corrected chi connectivity index (χ2v) is 6.04. The molecule has 118 valence electrons. The molecule has 0 bridgehead atoms. The number of carbonyl (C=O) groups excluding carboxylic acids is 3. The fourth-order valence-corrected chi connectivity index (χ4v) is 3.30. The van der Waals surface area contributed by atoms with Crippen LogP contribution in [0.5, 0.6) is 0 Å². The Bertz CT molecular complexity index is 730. The van der Waals surface area contributed by atoms with Crippen LogP contribution in [0.15, 0.2) is 47.2 Å². The number of nitrogens with zero attached hydrogens (tertiary/aromatic N) is 1. The first kappa shape index (κ1) is 15.2. The maximum atomic E-state index is 12.6. The predicted octanol–water partition coefficient (Wildman–Crippen LogP) is 1.44. The Morgan fingerprint density at radius 1 is 1.26 bits per heavy atom. The van der Waals surface area contributed by atoms with Gasteiger partial charge in [-0.1, -0.05) is 30.3 Å². The van der Waals surface area contributed by atoms with Crippen molar-refractivity contribution in [3.05, 3.63) is 58.3 Å². The molecule has 0 radical (unpaired) electrons. The zero-order chi connectivity index (χ0) is 16.4. The molecule has 0 saturated carbocycles. The number of nitrogens with two attached hydrogens (primary N) is 1. The largest absolute Gasteiger partial charge is 0.368 e. The van der Waals surface area contributed by atoms with E-state index in [0.29, 0.717) is 5.56 Å². The summed E-state index contributed by atoms with van der Waals surface area (Å²) < 4.78 is 0. The lowest BCUT2D eigenvalue weighted by Crippen LogP contribution is -2.49. The van der Waals surface area contributed by atoms with Gasteiger partial charge < -0.3 is 11.1 Å². The number of hydrogen-bond acceptors (Lipinski definition) is 4. The van der Waals surface area contributed by atoms with Crippen LogP contribution in [0.3, 0.4) is 0 Å². The number of carbonyl (C=O) groups is 3. The number of urea groups is 1. The Morgan fingerprint density at radius 3 is 2.61 bits per heavy atom. The number of imide groups is 1. The lowest BCUT2D eigenvalue weighted by atomic mass is 10.0. The molecule has 1 fully saturated rings. The van der Waals surface area contributed by atoms with Gasteiger partial charge in [0.05, 0.1) is 0 Å². The van der Waals surface area contributed by atoms with Crippen molar-refractivity contribution in [1.29, 1.82) is 0 Å². The SMILES string of the molecule is NC(=O)[C@H](Cc1ccccc1)N1C(=O)N[C@@H](c2ccsc2)C1=O. The van der Waals surface area contributed by atoms with Crippen molar-refractivity contribution in [2.45, 2.75) is 18.5 Å². The lowest BCUT2D eigenvalue weighted by molar-refractivity contribution is -0.134. The summed E-state index contributed by atoms with van der Waals surface area (Å²) in [6.45, 7) is 0. The van der Waals surface area contributed by atoms with Gasteiger partial charge in [-0.3, -0.25) is 9.59 Å². The van der Waals surface area contributed by atoms with Crippen LogP contribution in [0.4, 0.5) is 4.79 Å². The monoisotopic (exact) mass is 329 g/mol. The van der Waals surface area contributed by atoms with Crippen LogP contribution in [0.1, 0.15) is 17.2 Å². The molecular weight excluding hydrogens is 314 g/mol. The number of thiophene rings is 1. The predicted molar refractivity (Wildman–Crippen MR) is 85.6 cm³/mol. The van der Waals surface area contributed by atoms with Gasteiger partial charge in [0.1, 0.15) is 12.1 Å². The van der Waals surface area contributed by atoms with Gasteiger partial charge in [-0.25, -0.2) is 9.69 Å². The molecule has 1 aromatic heterocycles. The van der Waals surface area contributed by atoms with Gasteiger partial charge in [-0.05, 0) is 28.0 Å². The van der Waals surface area contributed by atoms with Crippen molar-refractivity contribution in [2.75, 3.05) is 0 Å². The molecule has 0 aliphatic carbocycles. The third-order valence-corrected chi connectivity index (χ3v) is 4.46. The molecule has 2 aromatic rings. The number of rotatable bonds is 5.